The number of ether oxygens (including phenoxy) is 3. The van der Waals surface area contributed by atoms with E-state index in [4.69, 9.17) is 25.1 Å². The van der Waals surface area contributed by atoms with Crippen LogP contribution in [0.4, 0.5) is 27.5 Å². The summed E-state index contributed by atoms with van der Waals surface area (Å²) in [4.78, 5) is 74.2. The van der Waals surface area contributed by atoms with Crippen LogP contribution in [-0.4, -0.2) is 93.7 Å². The normalized spacial score (nSPS) is 15.4. The zero-order valence-corrected chi connectivity index (χ0v) is 41.9. The van der Waals surface area contributed by atoms with Gasteiger partial charge in [-0.3, -0.25) is 29.1 Å². The van der Waals surface area contributed by atoms with Crippen LogP contribution in [-0.2, 0) is 40.3 Å². The molecular weight excluding hydrogens is 941 g/mol. The standard InChI is InChI=1S/C26H26N4O3.C24H29N3O4.C7H7NO2/c31-24(14-18-4-3-11-28-16-18)29-23-8-1-5-19-17-30(26(32)25(19)23)20-6-2-7-22(15-20)33-21-9-12-27-13-10-21;1-24(2,3)31-23(29)26-12-10-18(11-13-26)30-19-8-5-7-17(14-19)27-15-16-6-4-9-20(25)21(16)22(27)28;9-7(10)4-6-2-1-3-8-5-6/h1-8,11,15-16,21,27H,9-10,12-14,17H2,(H,29,31);4-9,14,18H,10-13,15,25H2,1-3H3;1-3,5H,4H2,(H,9,10). The second kappa shape index (κ2) is 23.9. The third-order valence-electron chi connectivity index (χ3n) is 12.6. The number of pyridine rings is 2. The smallest absolute Gasteiger partial charge is 0.410 e. The first kappa shape index (κ1) is 52.0. The molecule has 0 radical (unpaired) electrons. The van der Waals surface area contributed by atoms with E-state index in [0.29, 0.717) is 54.4 Å². The number of hydrogen-bond acceptors (Lipinski definition) is 12. The van der Waals surface area contributed by atoms with Crippen molar-refractivity contribution in [2.24, 2.45) is 0 Å². The number of nitrogen functional groups attached to an aromatic ring is 1. The molecule has 4 aliphatic heterocycles. The maximum Gasteiger partial charge on any atom is 0.410 e. The molecule has 384 valence electrons. The third kappa shape index (κ3) is 13.8. The van der Waals surface area contributed by atoms with E-state index < -0.39 is 11.6 Å². The second-order valence-corrected chi connectivity index (χ2v) is 19.4. The van der Waals surface area contributed by atoms with Gasteiger partial charge in [0.1, 0.15) is 29.3 Å². The van der Waals surface area contributed by atoms with Gasteiger partial charge in [0.15, 0.2) is 0 Å². The number of carboxylic acid groups (broad SMARTS) is 1. The van der Waals surface area contributed by atoms with E-state index in [-0.39, 0.29) is 48.9 Å². The molecule has 6 aromatic rings. The molecule has 5 N–H and O–H groups in total. The molecule has 2 fully saturated rings. The van der Waals surface area contributed by atoms with E-state index in [1.54, 1.807) is 69.8 Å². The van der Waals surface area contributed by atoms with E-state index in [1.807, 2.05) is 99.6 Å². The summed E-state index contributed by atoms with van der Waals surface area (Å²) in [5.74, 6) is 0.267. The predicted octanol–water partition coefficient (Wildman–Crippen LogP) is 8.47. The minimum atomic E-state index is -0.826. The van der Waals surface area contributed by atoms with Crippen LogP contribution >= 0.6 is 0 Å². The summed E-state index contributed by atoms with van der Waals surface area (Å²) in [7, 11) is 0. The number of nitrogens with one attached hydrogen (secondary N) is 2. The van der Waals surface area contributed by atoms with Gasteiger partial charge in [-0.15, -0.1) is 0 Å². The molecule has 10 rings (SSSR count). The van der Waals surface area contributed by atoms with Crippen molar-refractivity contribution in [3.05, 3.63) is 167 Å². The molecule has 17 nitrogen and oxygen atoms in total. The van der Waals surface area contributed by atoms with E-state index in [1.165, 1.54) is 0 Å². The number of nitrogens with two attached hydrogens (primary N) is 1. The van der Waals surface area contributed by atoms with Crippen molar-refractivity contribution in [2.75, 3.05) is 47.0 Å². The fraction of sp³-hybridized carbons (Fsp3) is 0.316. The lowest BCUT2D eigenvalue weighted by Gasteiger charge is -2.33. The van der Waals surface area contributed by atoms with Crippen LogP contribution in [0.25, 0.3) is 0 Å². The molecule has 4 amide bonds. The summed E-state index contributed by atoms with van der Waals surface area (Å²) in [5, 5.41) is 14.6. The average Bonchev–Trinajstić information content (AvgIpc) is 3.92. The van der Waals surface area contributed by atoms with Gasteiger partial charge < -0.3 is 50.4 Å². The lowest BCUT2D eigenvalue weighted by atomic mass is 10.1. The molecule has 2 aromatic heterocycles. The number of aromatic nitrogens is 2. The Labute approximate surface area is 430 Å². The highest BCUT2D eigenvalue weighted by Crippen LogP contribution is 2.36. The Morgan fingerprint density at radius 2 is 1.22 bits per heavy atom. The third-order valence-corrected chi connectivity index (χ3v) is 12.6. The van der Waals surface area contributed by atoms with Gasteiger partial charge >= 0.3 is 12.1 Å². The zero-order chi connectivity index (χ0) is 52.2. The first-order chi connectivity index (χ1) is 35.7. The van der Waals surface area contributed by atoms with Crippen molar-refractivity contribution in [1.82, 2.24) is 20.2 Å². The molecular formula is C57H62N8O9. The number of carbonyl (C=O) groups excluding carboxylic acids is 4. The maximum atomic E-state index is 13.4. The van der Waals surface area contributed by atoms with Gasteiger partial charge in [0.25, 0.3) is 11.8 Å². The minimum absolute atomic E-state index is 0.0102. The fourth-order valence-electron chi connectivity index (χ4n) is 9.06. The Morgan fingerprint density at radius 3 is 1.76 bits per heavy atom. The number of rotatable bonds is 11. The van der Waals surface area contributed by atoms with Crippen LogP contribution < -0.4 is 35.6 Å². The van der Waals surface area contributed by atoms with Crippen molar-refractivity contribution in [3.63, 3.8) is 0 Å². The number of amides is 4. The second-order valence-electron chi connectivity index (χ2n) is 19.4. The van der Waals surface area contributed by atoms with Crippen LogP contribution in [0.2, 0.25) is 0 Å². The maximum absolute atomic E-state index is 13.4. The highest BCUT2D eigenvalue weighted by molar-refractivity contribution is 6.15. The number of likely N-dealkylation sites (tertiary alicyclic amines) is 1. The summed E-state index contributed by atoms with van der Waals surface area (Å²) in [6, 6.07) is 33.5. The largest absolute Gasteiger partial charge is 0.490 e. The highest BCUT2D eigenvalue weighted by Gasteiger charge is 2.33. The molecule has 74 heavy (non-hydrogen) atoms. The van der Waals surface area contributed by atoms with Crippen molar-refractivity contribution < 1.29 is 43.3 Å². The summed E-state index contributed by atoms with van der Waals surface area (Å²) in [6.07, 6.45) is 10.1. The predicted molar refractivity (Wildman–Crippen MR) is 281 cm³/mol. The molecule has 0 aliphatic carbocycles. The number of carboxylic acids is 1. The van der Waals surface area contributed by atoms with Crippen molar-refractivity contribution in [1.29, 1.82) is 0 Å². The van der Waals surface area contributed by atoms with Crippen LogP contribution in [0, 0.1) is 0 Å². The summed E-state index contributed by atoms with van der Waals surface area (Å²) in [5.41, 5.74) is 12.6. The Hall–Kier alpha value is -8.31. The highest BCUT2D eigenvalue weighted by atomic mass is 16.6. The quantitative estimate of drug-likeness (QED) is 0.0897. The van der Waals surface area contributed by atoms with Gasteiger partial charge in [-0.25, -0.2) is 4.79 Å². The molecule has 0 saturated carbocycles. The van der Waals surface area contributed by atoms with E-state index >= 15 is 0 Å². The summed E-state index contributed by atoms with van der Waals surface area (Å²) >= 11 is 0. The molecule has 4 aromatic carbocycles. The summed E-state index contributed by atoms with van der Waals surface area (Å²) < 4.78 is 17.8. The van der Waals surface area contributed by atoms with Gasteiger partial charge in [0, 0.05) is 79.9 Å². The van der Waals surface area contributed by atoms with Crippen LogP contribution in [0.5, 0.6) is 11.5 Å². The number of nitrogens with zero attached hydrogens (tertiary/aromatic N) is 5. The Balaban J connectivity index is 0.000000166. The number of anilines is 4. The van der Waals surface area contributed by atoms with Crippen molar-refractivity contribution >= 4 is 52.5 Å². The molecule has 0 spiro atoms. The first-order valence-corrected chi connectivity index (χ1v) is 24.8. The molecule has 0 atom stereocenters. The number of hydrogen-bond donors (Lipinski definition) is 4. The Kier molecular flexibility index (Phi) is 16.8. The van der Waals surface area contributed by atoms with Crippen molar-refractivity contribution in [2.45, 2.75) is 90.2 Å². The molecule has 17 heteroatoms. The monoisotopic (exact) mass is 1000 g/mol. The molecule has 6 heterocycles. The van der Waals surface area contributed by atoms with Crippen molar-refractivity contribution in [3.8, 4) is 11.5 Å². The molecule has 2 saturated heterocycles. The molecule has 0 bridgehead atoms. The summed E-state index contributed by atoms with van der Waals surface area (Å²) in [6.45, 7) is 9.66. The van der Waals surface area contributed by atoms with Crippen LogP contribution in [0.15, 0.2) is 134 Å². The lowest BCUT2D eigenvalue weighted by molar-refractivity contribution is -0.136. The van der Waals surface area contributed by atoms with E-state index in [0.717, 1.165) is 78.2 Å². The topological polar surface area (TPSA) is 219 Å². The zero-order valence-electron chi connectivity index (χ0n) is 41.9. The van der Waals surface area contributed by atoms with Gasteiger partial charge in [-0.2, -0.15) is 0 Å². The fourth-order valence-corrected chi connectivity index (χ4v) is 9.06. The first-order valence-electron chi connectivity index (χ1n) is 24.8. The average molecular weight is 1000 g/mol. The number of carbonyl (C=O) groups is 5. The molecule has 4 aliphatic rings. The minimum Gasteiger partial charge on any atom is -0.490 e. The SMILES string of the molecule is CC(C)(C)OC(=O)N1CCC(Oc2cccc(N3Cc4cccc(N)c4C3=O)c2)CC1.O=C(Cc1cccnc1)Nc1cccc2c1C(=O)N(c1cccc(OC3CCNCC3)c1)C2.O=C(O)Cc1cccnc1. The number of aliphatic carboxylic acids is 1. The molecule has 0 unspecified atom stereocenters. The Bertz CT molecular complexity index is 2940. The van der Waals surface area contributed by atoms with Gasteiger partial charge in [0.2, 0.25) is 5.91 Å². The lowest BCUT2D eigenvalue weighted by Crippen LogP contribution is -2.44. The van der Waals surface area contributed by atoms with Gasteiger partial charge in [-0.1, -0.05) is 48.5 Å². The van der Waals surface area contributed by atoms with E-state index in [2.05, 4.69) is 20.6 Å². The number of piperidine rings is 2. The van der Waals surface area contributed by atoms with E-state index in [9.17, 15) is 24.0 Å². The van der Waals surface area contributed by atoms with Crippen LogP contribution in [0.1, 0.15) is 89.4 Å². The van der Waals surface area contributed by atoms with Gasteiger partial charge in [-0.05, 0) is 117 Å². The number of benzene rings is 4. The number of fused-ring (bicyclic) bond motifs is 2. The van der Waals surface area contributed by atoms with Gasteiger partial charge in [0.05, 0.1) is 42.7 Å². The Morgan fingerprint density at radius 1 is 0.689 bits per heavy atom. The van der Waals surface area contributed by atoms with Crippen LogP contribution in [0.3, 0.4) is 0 Å².